The Morgan fingerprint density at radius 3 is 2.58 bits per heavy atom. The number of carbonyl (C=O) groups excluding carboxylic acids is 1. The average molecular weight is 378 g/mol. The molecule has 0 aromatic heterocycles. The van der Waals surface area contributed by atoms with Crippen LogP contribution in [0.15, 0.2) is 47.4 Å². The first-order chi connectivity index (χ1) is 12.5. The van der Waals surface area contributed by atoms with Gasteiger partial charge in [0.1, 0.15) is 11.9 Å². The maximum Gasteiger partial charge on any atom is 0.244 e. The molecule has 136 valence electrons. The largest absolute Gasteiger partial charge is 0.454 e. The molecule has 2 aliphatic rings. The lowest BCUT2D eigenvalue weighted by Crippen LogP contribution is -2.52. The summed E-state index contributed by atoms with van der Waals surface area (Å²) in [7, 11) is -3.98. The Bertz CT molecular complexity index is 962. The van der Waals surface area contributed by atoms with Crippen molar-refractivity contribution in [2.24, 2.45) is 0 Å². The fourth-order valence-electron chi connectivity index (χ4n) is 3.04. The van der Waals surface area contributed by atoms with Gasteiger partial charge in [0.05, 0.1) is 4.90 Å². The minimum Gasteiger partial charge on any atom is -0.454 e. The summed E-state index contributed by atoms with van der Waals surface area (Å²) in [5.41, 5.74) is 0.396. The molecule has 0 radical (unpaired) electrons. The van der Waals surface area contributed by atoms with Gasteiger partial charge in [-0.15, -0.1) is 0 Å². The highest BCUT2D eigenvalue weighted by Gasteiger charge is 2.40. The van der Waals surface area contributed by atoms with Crippen LogP contribution in [0.1, 0.15) is 11.6 Å². The zero-order valence-corrected chi connectivity index (χ0v) is 14.3. The molecule has 1 fully saturated rings. The first kappa shape index (κ1) is 16.8. The number of hydrogen-bond acceptors (Lipinski definition) is 5. The second kappa shape index (κ2) is 6.26. The molecule has 0 bridgehead atoms. The quantitative estimate of drug-likeness (QED) is 0.873. The number of halogens is 1. The number of nitrogens with zero attached hydrogens (tertiary/aromatic N) is 1. The van der Waals surface area contributed by atoms with Gasteiger partial charge in [-0.05, 0) is 29.8 Å². The van der Waals surface area contributed by atoms with E-state index in [0.29, 0.717) is 17.1 Å². The van der Waals surface area contributed by atoms with E-state index in [1.165, 1.54) is 42.5 Å². The number of fused-ring (bicyclic) bond motifs is 1. The average Bonchev–Trinajstić information content (AvgIpc) is 3.10. The summed E-state index contributed by atoms with van der Waals surface area (Å²) in [5.74, 6) is -0.108. The van der Waals surface area contributed by atoms with Crippen LogP contribution in [0.4, 0.5) is 4.39 Å². The maximum atomic E-state index is 13.2. The summed E-state index contributed by atoms with van der Waals surface area (Å²) >= 11 is 0. The smallest absolute Gasteiger partial charge is 0.244 e. The van der Waals surface area contributed by atoms with Crippen molar-refractivity contribution in [3.63, 3.8) is 0 Å². The van der Waals surface area contributed by atoms with Gasteiger partial charge in [-0.1, -0.05) is 12.1 Å². The standard InChI is InChI=1S/C17H15FN2O5S/c18-12-3-1-11(2-4-12)16-17(21)19-7-8-20(16)26(22,23)13-5-6-14-15(9-13)25-10-24-14/h1-6,9,16H,7-8,10H2,(H,19,21). The van der Waals surface area contributed by atoms with Crippen molar-refractivity contribution in [2.45, 2.75) is 10.9 Å². The summed E-state index contributed by atoms with van der Waals surface area (Å²) in [5, 5.41) is 2.66. The van der Waals surface area contributed by atoms with Gasteiger partial charge >= 0.3 is 0 Å². The maximum absolute atomic E-state index is 13.2. The van der Waals surface area contributed by atoms with E-state index >= 15 is 0 Å². The molecule has 2 aromatic rings. The van der Waals surface area contributed by atoms with Crippen molar-refractivity contribution in [2.75, 3.05) is 19.9 Å². The number of benzene rings is 2. The molecule has 9 heteroatoms. The Morgan fingerprint density at radius 1 is 1.08 bits per heavy atom. The van der Waals surface area contributed by atoms with E-state index in [9.17, 15) is 17.6 Å². The predicted molar refractivity (Wildman–Crippen MR) is 88.6 cm³/mol. The van der Waals surface area contributed by atoms with E-state index in [0.717, 1.165) is 4.31 Å². The molecule has 1 atom stereocenters. The van der Waals surface area contributed by atoms with Crippen LogP contribution in [0, 0.1) is 5.82 Å². The van der Waals surface area contributed by atoms with Gasteiger partial charge in [-0.2, -0.15) is 4.31 Å². The summed E-state index contributed by atoms with van der Waals surface area (Å²) in [6, 6.07) is 8.46. The molecule has 2 heterocycles. The normalized spacial score (nSPS) is 20.0. The van der Waals surface area contributed by atoms with Crippen molar-refractivity contribution in [3.05, 3.63) is 53.8 Å². The summed E-state index contributed by atoms with van der Waals surface area (Å²) < 4.78 is 51.1. The molecule has 1 unspecified atom stereocenters. The number of rotatable bonds is 3. The van der Waals surface area contributed by atoms with Crippen LogP contribution in [0.2, 0.25) is 0 Å². The lowest BCUT2D eigenvalue weighted by Gasteiger charge is -2.34. The zero-order chi connectivity index (χ0) is 18.3. The molecule has 1 amide bonds. The Labute approximate surface area is 149 Å². The van der Waals surface area contributed by atoms with E-state index in [4.69, 9.17) is 9.47 Å². The van der Waals surface area contributed by atoms with Crippen LogP contribution >= 0.6 is 0 Å². The molecule has 0 aliphatic carbocycles. The minimum atomic E-state index is -3.98. The molecule has 0 saturated carbocycles. The first-order valence-corrected chi connectivity index (χ1v) is 9.35. The predicted octanol–water partition coefficient (Wildman–Crippen LogP) is 1.42. The second-order valence-corrected chi connectivity index (χ2v) is 7.77. The van der Waals surface area contributed by atoms with Crippen molar-refractivity contribution >= 4 is 15.9 Å². The Kier molecular flexibility index (Phi) is 4.04. The minimum absolute atomic E-state index is 0.00330. The highest BCUT2D eigenvalue weighted by molar-refractivity contribution is 7.89. The lowest BCUT2D eigenvalue weighted by molar-refractivity contribution is -0.126. The third-order valence-corrected chi connectivity index (χ3v) is 6.16. The van der Waals surface area contributed by atoms with Gasteiger partial charge < -0.3 is 14.8 Å². The number of ether oxygens (including phenoxy) is 2. The van der Waals surface area contributed by atoms with Crippen LogP contribution in [0.3, 0.4) is 0 Å². The van der Waals surface area contributed by atoms with Crippen LogP contribution < -0.4 is 14.8 Å². The Balaban J connectivity index is 1.75. The van der Waals surface area contributed by atoms with Gasteiger partial charge in [-0.3, -0.25) is 4.79 Å². The van der Waals surface area contributed by atoms with E-state index < -0.39 is 27.8 Å². The van der Waals surface area contributed by atoms with Crippen LogP contribution in [-0.2, 0) is 14.8 Å². The van der Waals surface area contributed by atoms with Crippen molar-refractivity contribution in [1.82, 2.24) is 9.62 Å². The molecular formula is C17H15FN2O5S. The van der Waals surface area contributed by atoms with E-state index in [2.05, 4.69) is 5.32 Å². The summed E-state index contributed by atoms with van der Waals surface area (Å²) in [6.07, 6.45) is 0. The Hall–Kier alpha value is -2.65. The fraction of sp³-hybridized carbons (Fsp3) is 0.235. The number of piperazine rings is 1. The summed E-state index contributed by atoms with van der Waals surface area (Å²) in [4.78, 5) is 12.4. The van der Waals surface area contributed by atoms with Gasteiger partial charge in [0, 0.05) is 19.2 Å². The highest BCUT2D eigenvalue weighted by Crippen LogP contribution is 2.36. The number of carbonyl (C=O) groups is 1. The second-order valence-electron chi connectivity index (χ2n) is 5.88. The number of sulfonamides is 1. The van der Waals surface area contributed by atoms with Gasteiger partial charge in [0.25, 0.3) is 0 Å². The zero-order valence-electron chi connectivity index (χ0n) is 13.5. The topological polar surface area (TPSA) is 84.9 Å². The van der Waals surface area contributed by atoms with Crippen molar-refractivity contribution < 1.29 is 27.1 Å². The monoisotopic (exact) mass is 378 g/mol. The lowest BCUT2D eigenvalue weighted by atomic mass is 10.0. The number of hydrogen-bond donors (Lipinski definition) is 1. The third-order valence-electron chi connectivity index (χ3n) is 4.30. The van der Waals surface area contributed by atoms with Crippen molar-refractivity contribution in [1.29, 1.82) is 0 Å². The molecule has 4 rings (SSSR count). The molecule has 0 spiro atoms. The molecule has 1 N–H and O–H groups in total. The molecule has 2 aromatic carbocycles. The van der Waals surface area contributed by atoms with E-state index in [-0.39, 0.29) is 24.8 Å². The number of nitrogens with one attached hydrogen (secondary N) is 1. The van der Waals surface area contributed by atoms with Crippen molar-refractivity contribution in [3.8, 4) is 11.5 Å². The highest BCUT2D eigenvalue weighted by atomic mass is 32.2. The molecule has 7 nitrogen and oxygen atoms in total. The SMILES string of the molecule is O=C1NCCN(S(=O)(=O)c2ccc3c(c2)OCO3)C1c1ccc(F)cc1. The summed E-state index contributed by atoms with van der Waals surface area (Å²) in [6.45, 7) is 0.327. The third kappa shape index (κ3) is 2.78. The number of amides is 1. The van der Waals surface area contributed by atoms with Gasteiger partial charge in [-0.25, -0.2) is 12.8 Å². The first-order valence-electron chi connectivity index (χ1n) is 7.91. The molecule has 26 heavy (non-hydrogen) atoms. The fourth-order valence-corrected chi connectivity index (χ4v) is 4.63. The van der Waals surface area contributed by atoms with E-state index in [1.807, 2.05) is 0 Å². The Morgan fingerprint density at radius 2 is 1.81 bits per heavy atom. The van der Waals surface area contributed by atoms with Gasteiger partial charge in [0.15, 0.2) is 11.5 Å². The molecule has 2 aliphatic heterocycles. The van der Waals surface area contributed by atoms with Crippen LogP contribution in [-0.4, -0.2) is 38.5 Å². The van der Waals surface area contributed by atoms with Crippen LogP contribution in [0.25, 0.3) is 0 Å². The molecule has 1 saturated heterocycles. The molecular weight excluding hydrogens is 363 g/mol. The van der Waals surface area contributed by atoms with Gasteiger partial charge in [0.2, 0.25) is 22.7 Å². The van der Waals surface area contributed by atoms with Crippen LogP contribution in [0.5, 0.6) is 11.5 Å². The van der Waals surface area contributed by atoms with E-state index in [1.54, 1.807) is 0 Å².